The summed E-state index contributed by atoms with van der Waals surface area (Å²) in [7, 11) is 0. The zero-order valence-electron chi connectivity index (χ0n) is 9.10. The summed E-state index contributed by atoms with van der Waals surface area (Å²) in [5.74, 6) is 0.612. The lowest BCUT2D eigenvalue weighted by Gasteiger charge is -2.08. The summed E-state index contributed by atoms with van der Waals surface area (Å²) in [5, 5.41) is 1.05. The van der Waals surface area contributed by atoms with E-state index in [1.807, 2.05) is 18.2 Å². The summed E-state index contributed by atoms with van der Waals surface area (Å²) >= 11 is 0. The molecular formula is C13H15NO. The van der Waals surface area contributed by atoms with Crippen molar-refractivity contribution in [2.24, 2.45) is 5.92 Å². The van der Waals surface area contributed by atoms with Crippen LogP contribution in [0.5, 0.6) is 0 Å². The van der Waals surface area contributed by atoms with Crippen molar-refractivity contribution in [1.82, 2.24) is 4.57 Å². The molecule has 0 aliphatic heterocycles. The van der Waals surface area contributed by atoms with Crippen LogP contribution >= 0.6 is 0 Å². The van der Waals surface area contributed by atoms with Crippen molar-refractivity contribution in [2.45, 2.75) is 20.4 Å². The van der Waals surface area contributed by atoms with Crippen LogP contribution in [-0.2, 0) is 6.54 Å². The topological polar surface area (TPSA) is 22.0 Å². The molecule has 1 aromatic carbocycles. The van der Waals surface area contributed by atoms with E-state index in [-0.39, 0.29) is 0 Å². The lowest BCUT2D eigenvalue weighted by molar-refractivity contribution is 0.112. The van der Waals surface area contributed by atoms with Gasteiger partial charge in [0.05, 0.1) is 0 Å². The Morgan fingerprint density at radius 3 is 2.80 bits per heavy atom. The summed E-state index contributed by atoms with van der Waals surface area (Å²) in [5.41, 5.74) is 1.92. The third-order valence-corrected chi connectivity index (χ3v) is 2.54. The van der Waals surface area contributed by atoms with Gasteiger partial charge in [0.25, 0.3) is 0 Å². The van der Waals surface area contributed by atoms with Gasteiger partial charge in [0, 0.05) is 29.2 Å². The van der Waals surface area contributed by atoms with Crippen molar-refractivity contribution in [3.05, 3.63) is 36.0 Å². The Morgan fingerprint density at radius 1 is 1.33 bits per heavy atom. The normalized spacial score (nSPS) is 11.1. The third-order valence-electron chi connectivity index (χ3n) is 2.54. The molecule has 0 amide bonds. The lowest BCUT2D eigenvalue weighted by atomic mass is 10.1. The number of aromatic nitrogens is 1. The predicted molar refractivity (Wildman–Crippen MR) is 62.2 cm³/mol. The molecule has 0 fully saturated rings. The molecule has 2 heteroatoms. The maximum Gasteiger partial charge on any atom is 0.150 e. The maximum absolute atomic E-state index is 10.8. The first-order chi connectivity index (χ1) is 7.22. The Morgan fingerprint density at radius 2 is 2.13 bits per heavy atom. The maximum atomic E-state index is 10.8. The number of carbonyl (C=O) groups excluding carboxylic acids is 1. The number of fused-ring (bicyclic) bond motifs is 1. The van der Waals surface area contributed by atoms with Crippen LogP contribution < -0.4 is 0 Å². The van der Waals surface area contributed by atoms with Gasteiger partial charge >= 0.3 is 0 Å². The van der Waals surface area contributed by atoms with E-state index in [2.05, 4.69) is 30.7 Å². The molecule has 0 aliphatic carbocycles. The molecule has 2 nitrogen and oxygen atoms in total. The van der Waals surface area contributed by atoms with Crippen molar-refractivity contribution in [1.29, 1.82) is 0 Å². The molecule has 0 spiro atoms. The first-order valence-corrected chi connectivity index (χ1v) is 5.25. The molecule has 0 saturated heterocycles. The fraction of sp³-hybridized carbons (Fsp3) is 0.308. The fourth-order valence-electron chi connectivity index (χ4n) is 1.90. The molecule has 1 heterocycles. The molecule has 0 N–H and O–H groups in total. The van der Waals surface area contributed by atoms with E-state index in [1.54, 1.807) is 0 Å². The highest BCUT2D eigenvalue weighted by atomic mass is 16.1. The Labute approximate surface area is 89.5 Å². The molecule has 15 heavy (non-hydrogen) atoms. The Bertz CT molecular complexity index is 482. The first-order valence-electron chi connectivity index (χ1n) is 5.25. The summed E-state index contributed by atoms with van der Waals surface area (Å²) in [4.78, 5) is 10.8. The molecule has 0 unspecified atom stereocenters. The average Bonchev–Trinajstić information content (AvgIpc) is 2.61. The number of benzene rings is 1. The van der Waals surface area contributed by atoms with E-state index in [9.17, 15) is 4.79 Å². The van der Waals surface area contributed by atoms with Gasteiger partial charge in [0.1, 0.15) is 0 Å². The van der Waals surface area contributed by atoms with E-state index in [0.717, 1.165) is 29.3 Å². The van der Waals surface area contributed by atoms with Crippen molar-refractivity contribution in [3.63, 3.8) is 0 Å². The minimum absolute atomic E-state index is 0.612. The molecule has 0 saturated carbocycles. The second kappa shape index (κ2) is 3.89. The largest absolute Gasteiger partial charge is 0.347 e. The summed E-state index contributed by atoms with van der Waals surface area (Å²) in [6.45, 7) is 5.37. The zero-order chi connectivity index (χ0) is 10.8. The third kappa shape index (κ3) is 1.80. The highest BCUT2D eigenvalue weighted by molar-refractivity contribution is 5.97. The van der Waals surface area contributed by atoms with Crippen LogP contribution in [0.1, 0.15) is 24.2 Å². The molecule has 0 aliphatic rings. The molecule has 0 radical (unpaired) electrons. The van der Waals surface area contributed by atoms with Crippen molar-refractivity contribution in [2.75, 3.05) is 0 Å². The van der Waals surface area contributed by atoms with Crippen molar-refractivity contribution in [3.8, 4) is 0 Å². The monoisotopic (exact) mass is 201 g/mol. The van der Waals surface area contributed by atoms with Gasteiger partial charge in [-0.2, -0.15) is 0 Å². The Hall–Kier alpha value is -1.57. The van der Waals surface area contributed by atoms with Gasteiger partial charge in [-0.1, -0.05) is 26.0 Å². The van der Waals surface area contributed by atoms with Gasteiger partial charge in [-0.3, -0.25) is 4.79 Å². The highest BCUT2D eigenvalue weighted by Crippen LogP contribution is 2.19. The van der Waals surface area contributed by atoms with Crippen LogP contribution in [0, 0.1) is 5.92 Å². The number of rotatable bonds is 3. The summed E-state index contributed by atoms with van der Waals surface area (Å²) < 4.78 is 2.20. The van der Waals surface area contributed by atoms with Crippen LogP contribution in [0.2, 0.25) is 0 Å². The van der Waals surface area contributed by atoms with Crippen LogP contribution in [0.25, 0.3) is 10.9 Å². The molecule has 0 atom stereocenters. The predicted octanol–water partition coefficient (Wildman–Crippen LogP) is 3.11. The highest BCUT2D eigenvalue weighted by Gasteiger charge is 2.05. The minimum Gasteiger partial charge on any atom is -0.347 e. The van der Waals surface area contributed by atoms with Crippen LogP contribution in [0.15, 0.2) is 30.5 Å². The number of aldehydes is 1. The van der Waals surface area contributed by atoms with Crippen LogP contribution in [0.3, 0.4) is 0 Å². The van der Waals surface area contributed by atoms with Gasteiger partial charge in [-0.15, -0.1) is 0 Å². The second-order valence-electron chi connectivity index (χ2n) is 4.26. The van der Waals surface area contributed by atoms with E-state index >= 15 is 0 Å². The standard InChI is InChI=1S/C13H15NO/c1-10(2)8-14-7-6-12-11(9-15)4-3-5-13(12)14/h3-7,9-10H,8H2,1-2H3. The fourth-order valence-corrected chi connectivity index (χ4v) is 1.90. The average molecular weight is 201 g/mol. The van der Waals surface area contributed by atoms with Gasteiger partial charge in [-0.05, 0) is 18.1 Å². The summed E-state index contributed by atoms with van der Waals surface area (Å²) in [6, 6.07) is 7.87. The minimum atomic E-state index is 0.612. The molecular weight excluding hydrogens is 186 g/mol. The first kappa shape index (κ1) is 9.97. The number of hydrogen-bond donors (Lipinski definition) is 0. The van der Waals surface area contributed by atoms with Crippen LogP contribution in [-0.4, -0.2) is 10.9 Å². The molecule has 2 aromatic rings. The van der Waals surface area contributed by atoms with E-state index in [1.165, 1.54) is 0 Å². The quantitative estimate of drug-likeness (QED) is 0.699. The second-order valence-corrected chi connectivity index (χ2v) is 4.26. The lowest BCUT2D eigenvalue weighted by Crippen LogP contribution is -2.02. The number of hydrogen-bond acceptors (Lipinski definition) is 1. The van der Waals surface area contributed by atoms with Gasteiger partial charge in [0.2, 0.25) is 0 Å². The molecule has 0 bridgehead atoms. The van der Waals surface area contributed by atoms with Gasteiger partial charge in [-0.25, -0.2) is 0 Å². The summed E-state index contributed by atoms with van der Waals surface area (Å²) in [6.07, 6.45) is 2.97. The van der Waals surface area contributed by atoms with Gasteiger partial charge in [0.15, 0.2) is 6.29 Å². The Balaban J connectivity index is 2.55. The Kier molecular flexibility index (Phi) is 2.58. The molecule has 1 aromatic heterocycles. The van der Waals surface area contributed by atoms with Gasteiger partial charge < -0.3 is 4.57 Å². The zero-order valence-corrected chi connectivity index (χ0v) is 9.10. The van der Waals surface area contributed by atoms with Crippen molar-refractivity contribution < 1.29 is 4.79 Å². The number of nitrogens with zero attached hydrogens (tertiary/aromatic N) is 1. The van der Waals surface area contributed by atoms with Crippen molar-refractivity contribution >= 4 is 17.2 Å². The molecule has 2 rings (SSSR count). The number of carbonyl (C=O) groups is 1. The van der Waals surface area contributed by atoms with E-state index in [4.69, 9.17) is 0 Å². The van der Waals surface area contributed by atoms with E-state index in [0.29, 0.717) is 5.92 Å². The SMILES string of the molecule is CC(C)Cn1ccc2c(C=O)cccc21. The van der Waals surface area contributed by atoms with Crippen LogP contribution in [0.4, 0.5) is 0 Å². The smallest absolute Gasteiger partial charge is 0.150 e. The van der Waals surface area contributed by atoms with E-state index < -0.39 is 0 Å². The molecule has 78 valence electrons.